The summed E-state index contributed by atoms with van der Waals surface area (Å²) in [7, 11) is 0. The number of rotatable bonds is 5. The fourth-order valence-corrected chi connectivity index (χ4v) is 2.99. The maximum Gasteiger partial charge on any atom is 0.0474 e. The van der Waals surface area contributed by atoms with E-state index < -0.39 is 0 Å². The highest BCUT2D eigenvalue weighted by molar-refractivity contribution is 4.90. The van der Waals surface area contributed by atoms with Gasteiger partial charge in [-0.05, 0) is 37.5 Å². The second kappa shape index (κ2) is 5.28. The minimum absolute atomic E-state index is 0.333. The summed E-state index contributed by atoms with van der Waals surface area (Å²) in [6.45, 7) is 1.08. The van der Waals surface area contributed by atoms with Gasteiger partial charge in [-0.1, -0.05) is 12.8 Å². The average molecular weight is 212 g/mol. The summed E-state index contributed by atoms with van der Waals surface area (Å²) >= 11 is 0. The minimum Gasteiger partial charge on any atom is -0.396 e. The Balaban J connectivity index is 1.82. The number of hydrogen-bond donors (Lipinski definition) is 3. The standard InChI is InChI=1S/C12H24N2O/c13-7-12(9-3-1-4-9)14-11-6-2-5-10(11)8-15/h9-12,14-15H,1-8,13H2. The second-order valence-electron chi connectivity index (χ2n) is 5.18. The zero-order valence-corrected chi connectivity index (χ0v) is 9.49. The summed E-state index contributed by atoms with van der Waals surface area (Å²) in [6.07, 6.45) is 7.70. The van der Waals surface area contributed by atoms with Gasteiger partial charge in [0.15, 0.2) is 0 Å². The van der Waals surface area contributed by atoms with Crippen molar-refractivity contribution in [3.63, 3.8) is 0 Å². The molecule has 2 aliphatic carbocycles. The first-order chi connectivity index (χ1) is 7.35. The Kier molecular flexibility index (Phi) is 4.00. The number of hydrogen-bond acceptors (Lipinski definition) is 3. The molecule has 88 valence electrons. The van der Waals surface area contributed by atoms with Crippen molar-refractivity contribution in [2.45, 2.75) is 50.6 Å². The summed E-state index contributed by atoms with van der Waals surface area (Å²) < 4.78 is 0. The molecule has 0 spiro atoms. The van der Waals surface area contributed by atoms with Gasteiger partial charge in [-0.15, -0.1) is 0 Å². The Morgan fingerprint density at radius 3 is 2.47 bits per heavy atom. The highest BCUT2D eigenvalue weighted by atomic mass is 16.3. The van der Waals surface area contributed by atoms with Gasteiger partial charge in [-0.2, -0.15) is 0 Å². The quantitative estimate of drug-likeness (QED) is 0.633. The zero-order valence-electron chi connectivity index (χ0n) is 9.49. The summed E-state index contributed by atoms with van der Waals surface area (Å²) in [5.41, 5.74) is 5.82. The molecular formula is C12H24N2O. The maximum atomic E-state index is 9.26. The number of aliphatic hydroxyl groups excluding tert-OH is 1. The molecule has 4 N–H and O–H groups in total. The fraction of sp³-hybridized carbons (Fsp3) is 1.00. The first-order valence-electron chi connectivity index (χ1n) is 6.42. The van der Waals surface area contributed by atoms with Crippen molar-refractivity contribution < 1.29 is 5.11 Å². The Hall–Kier alpha value is -0.120. The topological polar surface area (TPSA) is 58.3 Å². The van der Waals surface area contributed by atoms with Crippen molar-refractivity contribution in [1.82, 2.24) is 5.32 Å². The predicted octanol–water partition coefficient (Wildman–Crippen LogP) is 0.864. The van der Waals surface area contributed by atoms with E-state index in [1.165, 1.54) is 38.5 Å². The van der Waals surface area contributed by atoms with Gasteiger partial charge in [0, 0.05) is 25.2 Å². The van der Waals surface area contributed by atoms with Crippen molar-refractivity contribution in [2.24, 2.45) is 17.6 Å². The lowest BCUT2D eigenvalue weighted by molar-refractivity contribution is 0.170. The molecule has 0 aliphatic heterocycles. The van der Waals surface area contributed by atoms with Gasteiger partial charge in [-0.25, -0.2) is 0 Å². The van der Waals surface area contributed by atoms with Gasteiger partial charge < -0.3 is 16.2 Å². The molecule has 2 fully saturated rings. The SMILES string of the molecule is NCC(NC1CCCC1CO)C1CCC1. The summed E-state index contributed by atoms with van der Waals surface area (Å²) in [5.74, 6) is 1.27. The Bertz CT molecular complexity index is 194. The molecule has 3 unspecified atom stereocenters. The molecule has 3 atom stereocenters. The summed E-state index contributed by atoms with van der Waals surface area (Å²) in [4.78, 5) is 0. The van der Waals surface area contributed by atoms with E-state index in [0.717, 1.165) is 12.5 Å². The van der Waals surface area contributed by atoms with Gasteiger partial charge in [-0.3, -0.25) is 0 Å². The molecule has 0 saturated heterocycles. The van der Waals surface area contributed by atoms with Crippen LogP contribution in [0.25, 0.3) is 0 Å². The third kappa shape index (κ3) is 2.52. The smallest absolute Gasteiger partial charge is 0.0474 e. The van der Waals surface area contributed by atoms with Crippen molar-refractivity contribution in [1.29, 1.82) is 0 Å². The van der Waals surface area contributed by atoms with Crippen molar-refractivity contribution in [3.05, 3.63) is 0 Å². The Morgan fingerprint density at radius 1 is 1.20 bits per heavy atom. The van der Waals surface area contributed by atoms with E-state index >= 15 is 0 Å². The van der Waals surface area contributed by atoms with Crippen LogP contribution in [0.15, 0.2) is 0 Å². The van der Waals surface area contributed by atoms with Crippen LogP contribution in [0.5, 0.6) is 0 Å². The zero-order chi connectivity index (χ0) is 10.7. The molecular weight excluding hydrogens is 188 g/mol. The van der Waals surface area contributed by atoms with E-state index in [2.05, 4.69) is 5.32 Å². The molecule has 0 radical (unpaired) electrons. The summed E-state index contributed by atoms with van der Waals surface area (Å²) in [5, 5.41) is 12.9. The fourth-order valence-electron chi connectivity index (χ4n) is 2.99. The lowest BCUT2D eigenvalue weighted by Crippen LogP contribution is -2.50. The molecule has 0 aromatic heterocycles. The van der Waals surface area contributed by atoms with Gasteiger partial charge >= 0.3 is 0 Å². The molecule has 3 nitrogen and oxygen atoms in total. The molecule has 0 aromatic rings. The van der Waals surface area contributed by atoms with E-state index in [0.29, 0.717) is 24.6 Å². The summed E-state index contributed by atoms with van der Waals surface area (Å²) in [6, 6.07) is 1.01. The highest BCUT2D eigenvalue weighted by Crippen LogP contribution is 2.32. The van der Waals surface area contributed by atoms with Crippen LogP contribution in [0.3, 0.4) is 0 Å². The van der Waals surface area contributed by atoms with Gasteiger partial charge in [0.05, 0.1) is 0 Å². The maximum absolute atomic E-state index is 9.26. The Labute approximate surface area is 92.4 Å². The first-order valence-corrected chi connectivity index (χ1v) is 6.42. The van der Waals surface area contributed by atoms with Crippen LogP contribution in [0.1, 0.15) is 38.5 Å². The van der Waals surface area contributed by atoms with Crippen LogP contribution in [0, 0.1) is 11.8 Å². The average Bonchev–Trinajstić information content (AvgIpc) is 2.61. The van der Waals surface area contributed by atoms with Crippen LogP contribution in [0.2, 0.25) is 0 Å². The molecule has 15 heavy (non-hydrogen) atoms. The Morgan fingerprint density at radius 2 is 1.93 bits per heavy atom. The predicted molar refractivity (Wildman–Crippen MR) is 61.5 cm³/mol. The van der Waals surface area contributed by atoms with Crippen LogP contribution in [-0.4, -0.2) is 30.3 Å². The monoisotopic (exact) mass is 212 g/mol. The lowest BCUT2D eigenvalue weighted by atomic mass is 9.79. The molecule has 0 aromatic carbocycles. The molecule has 0 heterocycles. The van der Waals surface area contributed by atoms with E-state index in [9.17, 15) is 5.11 Å². The van der Waals surface area contributed by atoms with Crippen LogP contribution in [0.4, 0.5) is 0 Å². The molecule has 3 heteroatoms. The van der Waals surface area contributed by atoms with Crippen LogP contribution >= 0.6 is 0 Å². The highest BCUT2D eigenvalue weighted by Gasteiger charge is 2.32. The van der Waals surface area contributed by atoms with Crippen molar-refractivity contribution in [3.8, 4) is 0 Å². The van der Waals surface area contributed by atoms with E-state index in [-0.39, 0.29) is 0 Å². The lowest BCUT2D eigenvalue weighted by Gasteiger charge is -2.36. The second-order valence-corrected chi connectivity index (χ2v) is 5.18. The molecule has 0 bridgehead atoms. The third-order valence-electron chi connectivity index (χ3n) is 4.29. The van der Waals surface area contributed by atoms with Crippen molar-refractivity contribution in [2.75, 3.05) is 13.2 Å². The van der Waals surface area contributed by atoms with Crippen LogP contribution < -0.4 is 11.1 Å². The molecule has 0 amide bonds. The number of aliphatic hydroxyl groups is 1. The van der Waals surface area contributed by atoms with E-state index in [1.807, 2.05) is 0 Å². The normalized spacial score (nSPS) is 34.0. The molecule has 2 saturated carbocycles. The van der Waals surface area contributed by atoms with Crippen molar-refractivity contribution >= 4 is 0 Å². The van der Waals surface area contributed by atoms with E-state index in [4.69, 9.17) is 5.73 Å². The van der Waals surface area contributed by atoms with Gasteiger partial charge in [0.1, 0.15) is 0 Å². The minimum atomic E-state index is 0.333. The van der Waals surface area contributed by atoms with Gasteiger partial charge in [0.2, 0.25) is 0 Å². The third-order valence-corrected chi connectivity index (χ3v) is 4.29. The molecule has 2 aliphatic rings. The van der Waals surface area contributed by atoms with Crippen LogP contribution in [-0.2, 0) is 0 Å². The molecule has 2 rings (SSSR count). The van der Waals surface area contributed by atoms with E-state index in [1.54, 1.807) is 0 Å². The van der Waals surface area contributed by atoms with Gasteiger partial charge in [0.25, 0.3) is 0 Å². The number of nitrogens with one attached hydrogen (secondary N) is 1. The first kappa shape index (κ1) is 11.4. The largest absolute Gasteiger partial charge is 0.396 e. The number of nitrogens with two attached hydrogens (primary N) is 1.